The van der Waals surface area contributed by atoms with Gasteiger partial charge in [0.05, 0.1) is 0 Å². The number of hydrogen-bond donors (Lipinski definition) is 0. The fourth-order valence-corrected chi connectivity index (χ4v) is 2.42. The zero-order valence-corrected chi connectivity index (χ0v) is 11.3. The average Bonchev–Trinajstić information content (AvgIpc) is 2.40. The van der Waals surface area contributed by atoms with Crippen LogP contribution in [0.3, 0.4) is 0 Å². The molecule has 0 saturated carbocycles. The van der Waals surface area contributed by atoms with Crippen molar-refractivity contribution in [3.05, 3.63) is 59.7 Å². The Balaban J connectivity index is 2.20. The topological polar surface area (TPSA) is 0 Å². The number of benzene rings is 2. The minimum Gasteiger partial charge on any atom is -0.161 e. The average molecular weight is 242 g/mol. The minimum atomic E-state index is 1.09. The summed E-state index contributed by atoms with van der Waals surface area (Å²) in [6, 6.07) is 17.7. The van der Waals surface area contributed by atoms with Gasteiger partial charge in [0.25, 0.3) is 0 Å². The molecule has 0 heterocycles. The Morgan fingerprint density at radius 3 is 1.65 bits per heavy atom. The van der Waals surface area contributed by atoms with Gasteiger partial charge in [-0.15, -0.1) is 0 Å². The van der Waals surface area contributed by atoms with Crippen LogP contribution in [0.2, 0.25) is 0 Å². The lowest BCUT2D eigenvalue weighted by Gasteiger charge is -2.04. The summed E-state index contributed by atoms with van der Waals surface area (Å²) in [6.07, 6.45) is 3.24. The van der Waals surface area contributed by atoms with Gasteiger partial charge in [0.1, 0.15) is 0 Å². The van der Waals surface area contributed by atoms with Gasteiger partial charge < -0.3 is 0 Å². The van der Waals surface area contributed by atoms with Crippen LogP contribution in [0.5, 0.6) is 0 Å². The van der Waals surface area contributed by atoms with Gasteiger partial charge in [-0.25, -0.2) is 0 Å². The van der Waals surface area contributed by atoms with Gasteiger partial charge in [0.2, 0.25) is 0 Å². The highest BCUT2D eigenvalue weighted by Gasteiger charge is 1.98. The van der Waals surface area contributed by atoms with E-state index in [1.807, 2.05) is 11.8 Å². The second-order valence-corrected chi connectivity index (χ2v) is 5.05. The SMILES string of the molecule is CCc1ccc(-c2ccc(CSC)cc2)cc1. The standard InChI is InChI=1S/C16H18S/c1-3-13-4-8-15(9-5-13)16-10-6-14(7-11-16)12-17-2/h4-11H,3,12H2,1-2H3. The van der Waals surface area contributed by atoms with E-state index in [9.17, 15) is 0 Å². The molecule has 0 aliphatic carbocycles. The molecule has 2 rings (SSSR count). The van der Waals surface area contributed by atoms with Crippen molar-refractivity contribution in [2.75, 3.05) is 6.26 Å². The van der Waals surface area contributed by atoms with Gasteiger partial charge in [0, 0.05) is 5.75 Å². The summed E-state index contributed by atoms with van der Waals surface area (Å²) in [5.41, 5.74) is 5.40. The summed E-state index contributed by atoms with van der Waals surface area (Å²) >= 11 is 1.86. The molecule has 0 nitrogen and oxygen atoms in total. The van der Waals surface area contributed by atoms with Crippen LogP contribution in [0.1, 0.15) is 18.1 Å². The molecule has 0 amide bonds. The summed E-state index contributed by atoms with van der Waals surface area (Å²) < 4.78 is 0. The van der Waals surface area contributed by atoms with Gasteiger partial charge in [0.15, 0.2) is 0 Å². The Kier molecular flexibility index (Phi) is 4.27. The van der Waals surface area contributed by atoms with Crippen LogP contribution < -0.4 is 0 Å². The normalized spacial score (nSPS) is 10.5. The van der Waals surface area contributed by atoms with Gasteiger partial charge in [-0.05, 0) is 34.9 Å². The van der Waals surface area contributed by atoms with E-state index in [-0.39, 0.29) is 0 Å². The molecule has 0 aliphatic heterocycles. The molecule has 0 unspecified atom stereocenters. The van der Waals surface area contributed by atoms with Crippen molar-refractivity contribution < 1.29 is 0 Å². The Bertz CT molecular complexity index is 454. The van der Waals surface area contributed by atoms with Crippen LogP contribution in [0.25, 0.3) is 11.1 Å². The van der Waals surface area contributed by atoms with Gasteiger partial charge in [-0.1, -0.05) is 55.5 Å². The van der Waals surface area contributed by atoms with Crippen molar-refractivity contribution in [1.82, 2.24) is 0 Å². The molecule has 2 aromatic rings. The van der Waals surface area contributed by atoms with Crippen molar-refractivity contribution in [2.45, 2.75) is 19.1 Å². The molecule has 0 N–H and O–H groups in total. The van der Waals surface area contributed by atoms with Crippen molar-refractivity contribution in [3.63, 3.8) is 0 Å². The molecule has 17 heavy (non-hydrogen) atoms. The summed E-state index contributed by atoms with van der Waals surface area (Å²) in [4.78, 5) is 0. The van der Waals surface area contributed by atoms with Crippen LogP contribution in [0.15, 0.2) is 48.5 Å². The van der Waals surface area contributed by atoms with E-state index in [0.29, 0.717) is 0 Å². The van der Waals surface area contributed by atoms with Crippen molar-refractivity contribution in [1.29, 1.82) is 0 Å². The van der Waals surface area contributed by atoms with Crippen molar-refractivity contribution in [2.24, 2.45) is 0 Å². The maximum absolute atomic E-state index is 2.22. The summed E-state index contributed by atoms with van der Waals surface area (Å²) in [7, 11) is 0. The molecule has 0 radical (unpaired) electrons. The van der Waals surface area contributed by atoms with E-state index in [2.05, 4.69) is 61.7 Å². The number of rotatable bonds is 4. The fourth-order valence-electron chi connectivity index (χ4n) is 1.89. The Morgan fingerprint density at radius 2 is 1.24 bits per heavy atom. The third kappa shape index (κ3) is 3.13. The van der Waals surface area contributed by atoms with Crippen molar-refractivity contribution in [3.8, 4) is 11.1 Å². The Labute approximate surface area is 108 Å². The molecule has 0 fully saturated rings. The summed E-state index contributed by atoms with van der Waals surface area (Å²) in [5, 5.41) is 0. The molecule has 1 heteroatoms. The molecule has 0 bridgehead atoms. The first-order valence-corrected chi connectivity index (χ1v) is 7.40. The van der Waals surface area contributed by atoms with E-state index < -0.39 is 0 Å². The second kappa shape index (κ2) is 5.92. The molecular weight excluding hydrogens is 224 g/mol. The third-order valence-corrected chi connectivity index (χ3v) is 3.58. The molecule has 0 aromatic heterocycles. The van der Waals surface area contributed by atoms with Crippen molar-refractivity contribution >= 4 is 11.8 Å². The lowest BCUT2D eigenvalue weighted by molar-refractivity contribution is 1.14. The third-order valence-electron chi connectivity index (χ3n) is 2.96. The van der Waals surface area contributed by atoms with Crippen LogP contribution in [-0.4, -0.2) is 6.26 Å². The monoisotopic (exact) mass is 242 g/mol. The second-order valence-electron chi connectivity index (χ2n) is 4.18. The Morgan fingerprint density at radius 1 is 0.765 bits per heavy atom. The largest absolute Gasteiger partial charge is 0.161 e. The highest BCUT2D eigenvalue weighted by Crippen LogP contribution is 2.21. The molecule has 0 spiro atoms. The smallest absolute Gasteiger partial charge is 0.0181 e. The number of aryl methyl sites for hydroxylation is 1. The first kappa shape index (κ1) is 12.3. The first-order chi connectivity index (χ1) is 8.33. The van der Waals surface area contributed by atoms with E-state index in [1.54, 1.807) is 0 Å². The van der Waals surface area contributed by atoms with E-state index in [0.717, 1.165) is 12.2 Å². The van der Waals surface area contributed by atoms with Crippen LogP contribution in [0.4, 0.5) is 0 Å². The zero-order valence-electron chi connectivity index (χ0n) is 10.4. The lowest BCUT2D eigenvalue weighted by atomic mass is 10.0. The van der Waals surface area contributed by atoms with Crippen LogP contribution >= 0.6 is 11.8 Å². The van der Waals surface area contributed by atoms with Crippen LogP contribution in [0, 0.1) is 0 Å². The quantitative estimate of drug-likeness (QED) is 0.743. The first-order valence-electron chi connectivity index (χ1n) is 6.00. The zero-order chi connectivity index (χ0) is 12.1. The molecule has 88 valence electrons. The van der Waals surface area contributed by atoms with Gasteiger partial charge in [-0.3, -0.25) is 0 Å². The maximum atomic E-state index is 2.22. The maximum Gasteiger partial charge on any atom is 0.0181 e. The fraction of sp³-hybridized carbons (Fsp3) is 0.250. The number of thioether (sulfide) groups is 1. The summed E-state index contributed by atoms with van der Waals surface area (Å²) in [6.45, 7) is 2.19. The lowest BCUT2D eigenvalue weighted by Crippen LogP contribution is -1.83. The van der Waals surface area contributed by atoms with Crippen LogP contribution in [-0.2, 0) is 12.2 Å². The summed E-state index contributed by atoms with van der Waals surface area (Å²) in [5.74, 6) is 1.09. The molecule has 0 atom stereocenters. The van der Waals surface area contributed by atoms with E-state index in [1.165, 1.54) is 22.3 Å². The molecule has 0 saturated heterocycles. The predicted molar refractivity (Wildman–Crippen MR) is 78.5 cm³/mol. The molecule has 0 aliphatic rings. The van der Waals surface area contributed by atoms with E-state index in [4.69, 9.17) is 0 Å². The predicted octanol–water partition coefficient (Wildman–Crippen LogP) is 4.78. The molecule has 2 aromatic carbocycles. The molecular formula is C16H18S. The van der Waals surface area contributed by atoms with Gasteiger partial charge in [-0.2, -0.15) is 11.8 Å². The van der Waals surface area contributed by atoms with Gasteiger partial charge >= 0.3 is 0 Å². The highest BCUT2D eigenvalue weighted by atomic mass is 32.2. The highest BCUT2D eigenvalue weighted by molar-refractivity contribution is 7.97. The minimum absolute atomic E-state index is 1.09. The Hall–Kier alpha value is -1.21. The number of hydrogen-bond acceptors (Lipinski definition) is 1. The van der Waals surface area contributed by atoms with E-state index >= 15 is 0 Å².